The molecule has 2 aromatic rings. The fourth-order valence-electron chi connectivity index (χ4n) is 3.34. The van der Waals surface area contributed by atoms with Crippen LogP contribution in [0.15, 0.2) is 35.3 Å². The maximum absolute atomic E-state index is 12.8. The Kier molecular flexibility index (Phi) is 6.75. The summed E-state index contributed by atoms with van der Waals surface area (Å²) in [5.41, 5.74) is 0.00928. The Morgan fingerprint density at radius 3 is 2.34 bits per heavy atom. The molecule has 1 aromatic heterocycles. The van der Waals surface area contributed by atoms with Gasteiger partial charge in [-0.05, 0) is 35.7 Å². The molecule has 0 saturated carbocycles. The standard InChI is InChI=1S/C21H21F3N2O6/c1-30-16-7-13-5-6-25(9-14(13)8-17(16)31-2)19(28)12-32-20(29)11-26-10-15(21(22,23)24)3-4-18(26)27/h3-4,7-8,10H,5-6,9,11-12H2,1-2H3. The summed E-state index contributed by atoms with van der Waals surface area (Å²) >= 11 is 0. The molecule has 172 valence electrons. The highest BCUT2D eigenvalue weighted by Gasteiger charge is 2.31. The highest BCUT2D eigenvalue weighted by molar-refractivity contribution is 5.81. The maximum atomic E-state index is 12.8. The van der Waals surface area contributed by atoms with E-state index in [1.54, 1.807) is 6.07 Å². The second kappa shape index (κ2) is 9.33. The number of carbonyl (C=O) groups is 2. The molecule has 3 rings (SSSR count). The first kappa shape index (κ1) is 23.2. The Labute approximate surface area is 181 Å². The first-order valence-electron chi connectivity index (χ1n) is 9.57. The van der Waals surface area contributed by atoms with Gasteiger partial charge in [0.1, 0.15) is 6.54 Å². The van der Waals surface area contributed by atoms with Crippen LogP contribution in [0, 0.1) is 0 Å². The van der Waals surface area contributed by atoms with Crippen molar-refractivity contribution < 1.29 is 37.0 Å². The average molecular weight is 454 g/mol. The predicted molar refractivity (Wildman–Crippen MR) is 105 cm³/mol. The minimum Gasteiger partial charge on any atom is -0.493 e. The van der Waals surface area contributed by atoms with Crippen molar-refractivity contribution in [3.05, 3.63) is 57.5 Å². The number of fused-ring (bicyclic) bond motifs is 1. The van der Waals surface area contributed by atoms with Crippen LogP contribution in [0.2, 0.25) is 0 Å². The number of carbonyl (C=O) groups excluding carboxylic acids is 2. The number of amides is 1. The molecule has 8 nitrogen and oxygen atoms in total. The molecule has 0 radical (unpaired) electrons. The summed E-state index contributed by atoms with van der Waals surface area (Å²) in [7, 11) is 3.04. The van der Waals surface area contributed by atoms with E-state index in [4.69, 9.17) is 14.2 Å². The molecule has 1 amide bonds. The zero-order valence-corrected chi connectivity index (χ0v) is 17.4. The molecule has 0 atom stereocenters. The third kappa shape index (κ3) is 5.21. The van der Waals surface area contributed by atoms with Crippen LogP contribution in [0.1, 0.15) is 16.7 Å². The summed E-state index contributed by atoms with van der Waals surface area (Å²) < 4.78 is 54.4. The minimum absolute atomic E-state index is 0.277. The fourth-order valence-corrected chi connectivity index (χ4v) is 3.34. The van der Waals surface area contributed by atoms with Crippen molar-refractivity contribution in [3.63, 3.8) is 0 Å². The van der Waals surface area contributed by atoms with Gasteiger partial charge in [-0.25, -0.2) is 0 Å². The molecule has 0 aliphatic carbocycles. The maximum Gasteiger partial charge on any atom is 0.417 e. The number of esters is 1. The quantitative estimate of drug-likeness (QED) is 0.621. The topological polar surface area (TPSA) is 87.1 Å². The third-order valence-electron chi connectivity index (χ3n) is 5.04. The number of alkyl halides is 3. The van der Waals surface area contributed by atoms with Crippen molar-refractivity contribution in [2.24, 2.45) is 0 Å². The molecule has 0 saturated heterocycles. The largest absolute Gasteiger partial charge is 0.493 e. The fraction of sp³-hybridized carbons (Fsp3) is 0.381. The van der Waals surface area contributed by atoms with Gasteiger partial charge in [0.05, 0.1) is 19.8 Å². The first-order valence-corrected chi connectivity index (χ1v) is 9.57. The van der Waals surface area contributed by atoms with Crippen molar-refractivity contribution in [1.29, 1.82) is 0 Å². The Balaban J connectivity index is 1.60. The summed E-state index contributed by atoms with van der Waals surface area (Å²) in [6.45, 7) is -0.657. The average Bonchev–Trinajstić information content (AvgIpc) is 2.76. The molecule has 0 unspecified atom stereocenters. The molecule has 1 aromatic carbocycles. The van der Waals surface area contributed by atoms with Crippen LogP contribution in [0.3, 0.4) is 0 Å². The van der Waals surface area contributed by atoms with Gasteiger partial charge in [0.15, 0.2) is 18.1 Å². The highest BCUT2D eigenvalue weighted by Crippen LogP contribution is 2.33. The molecule has 0 fully saturated rings. The Bertz CT molecular complexity index is 1080. The Morgan fingerprint density at radius 2 is 1.72 bits per heavy atom. The lowest BCUT2D eigenvalue weighted by Gasteiger charge is -2.29. The van der Waals surface area contributed by atoms with E-state index in [-0.39, 0.29) is 6.54 Å². The van der Waals surface area contributed by atoms with Gasteiger partial charge >= 0.3 is 12.1 Å². The van der Waals surface area contributed by atoms with Gasteiger partial charge in [-0.1, -0.05) is 0 Å². The van der Waals surface area contributed by atoms with Crippen LogP contribution in [-0.2, 0) is 40.0 Å². The van der Waals surface area contributed by atoms with Gasteiger partial charge in [0.2, 0.25) is 0 Å². The molecule has 0 spiro atoms. The van der Waals surface area contributed by atoms with E-state index in [0.717, 1.165) is 17.2 Å². The van der Waals surface area contributed by atoms with Crippen molar-refractivity contribution in [2.75, 3.05) is 27.4 Å². The zero-order valence-electron chi connectivity index (χ0n) is 17.4. The van der Waals surface area contributed by atoms with E-state index >= 15 is 0 Å². The SMILES string of the molecule is COc1cc2c(cc1OC)CN(C(=O)COC(=O)Cn1cc(C(F)(F)F)ccc1=O)CC2. The number of halogens is 3. The number of rotatable bonds is 6. The summed E-state index contributed by atoms with van der Waals surface area (Å²) in [6, 6.07) is 4.98. The van der Waals surface area contributed by atoms with E-state index in [1.165, 1.54) is 19.1 Å². The number of benzene rings is 1. The minimum atomic E-state index is -4.66. The smallest absolute Gasteiger partial charge is 0.417 e. The van der Waals surface area contributed by atoms with E-state index in [1.807, 2.05) is 6.07 Å². The van der Waals surface area contributed by atoms with Crippen LogP contribution in [0.4, 0.5) is 13.2 Å². The van der Waals surface area contributed by atoms with E-state index in [9.17, 15) is 27.6 Å². The normalized spacial score (nSPS) is 13.3. The van der Waals surface area contributed by atoms with Crippen molar-refractivity contribution in [3.8, 4) is 11.5 Å². The van der Waals surface area contributed by atoms with Crippen LogP contribution >= 0.6 is 0 Å². The van der Waals surface area contributed by atoms with E-state index < -0.39 is 42.3 Å². The summed E-state index contributed by atoms with van der Waals surface area (Å²) in [5, 5.41) is 0. The molecule has 32 heavy (non-hydrogen) atoms. The number of methoxy groups -OCH3 is 2. The molecule has 1 aliphatic heterocycles. The Morgan fingerprint density at radius 1 is 1.06 bits per heavy atom. The number of aromatic nitrogens is 1. The van der Waals surface area contributed by atoms with Crippen molar-refractivity contribution in [2.45, 2.75) is 25.7 Å². The molecular weight excluding hydrogens is 433 g/mol. The van der Waals surface area contributed by atoms with Crippen LogP contribution in [0.5, 0.6) is 11.5 Å². The second-order valence-corrected chi connectivity index (χ2v) is 7.08. The van der Waals surface area contributed by atoms with E-state index in [2.05, 4.69) is 0 Å². The van der Waals surface area contributed by atoms with Gasteiger partial charge in [-0.2, -0.15) is 13.2 Å². The molecule has 0 N–H and O–H groups in total. The first-order chi connectivity index (χ1) is 15.1. The lowest BCUT2D eigenvalue weighted by atomic mass is 9.99. The lowest BCUT2D eigenvalue weighted by molar-refractivity contribution is -0.153. The lowest BCUT2D eigenvalue weighted by Crippen LogP contribution is -2.39. The molecule has 1 aliphatic rings. The van der Waals surface area contributed by atoms with Gasteiger partial charge in [0.25, 0.3) is 11.5 Å². The van der Waals surface area contributed by atoms with Gasteiger partial charge in [-0.15, -0.1) is 0 Å². The monoisotopic (exact) mass is 454 g/mol. The van der Waals surface area contributed by atoms with Gasteiger partial charge in [-0.3, -0.25) is 14.4 Å². The van der Waals surface area contributed by atoms with Crippen LogP contribution in [-0.4, -0.2) is 48.7 Å². The number of nitrogens with zero attached hydrogens (tertiary/aromatic N) is 2. The number of pyridine rings is 1. The summed E-state index contributed by atoms with van der Waals surface area (Å²) in [6.07, 6.45) is -3.56. The summed E-state index contributed by atoms with van der Waals surface area (Å²) in [4.78, 5) is 37.7. The zero-order chi connectivity index (χ0) is 23.5. The number of ether oxygens (including phenoxy) is 3. The predicted octanol–water partition coefficient (Wildman–Crippen LogP) is 2.01. The van der Waals surface area contributed by atoms with Crippen molar-refractivity contribution >= 4 is 11.9 Å². The molecule has 2 heterocycles. The van der Waals surface area contributed by atoms with Crippen molar-refractivity contribution in [1.82, 2.24) is 9.47 Å². The van der Waals surface area contributed by atoms with E-state index in [0.29, 0.717) is 41.3 Å². The van der Waals surface area contributed by atoms with Gasteiger partial charge in [0, 0.05) is 25.4 Å². The number of hydrogen-bond donors (Lipinski definition) is 0. The third-order valence-corrected chi connectivity index (χ3v) is 5.04. The van der Waals surface area contributed by atoms with Crippen LogP contribution < -0.4 is 15.0 Å². The highest BCUT2D eigenvalue weighted by atomic mass is 19.4. The van der Waals surface area contributed by atoms with Crippen LogP contribution in [0.25, 0.3) is 0 Å². The molecular formula is C21H21F3N2O6. The summed E-state index contributed by atoms with van der Waals surface area (Å²) in [5.74, 6) is -0.345. The Hall–Kier alpha value is -3.50. The second-order valence-electron chi connectivity index (χ2n) is 7.08. The van der Waals surface area contributed by atoms with Gasteiger partial charge < -0.3 is 23.7 Å². The number of hydrogen-bond acceptors (Lipinski definition) is 6. The molecule has 0 bridgehead atoms. The molecule has 11 heteroatoms.